The molecule has 0 fully saturated rings. The van der Waals surface area contributed by atoms with Gasteiger partial charge in [-0.1, -0.05) is 12.1 Å². The first-order chi connectivity index (χ1) is 13.7. The molecule has 0 saturated heterocycles. The average molecular weight is 394 g/mol. The second-order valence-corrected chi connectivity index (χ2v) is 7.14. The second-order valence-electron chi connectivity index (χ2n) is 6.25. The van der Waals surface area contributed by atoms with E-state index in [0.29, 0.717) is 36.0 Å². The highest BCUT2D eigenvalue weighted by Gasteiger charge is 2.16. The van der Waals surface area contributed by atoms with Crippen LogP contribution in [0.25, 0.3) is 10.6 Å². The molecule has 4 rings (SSSR count). The molecule has 0 saturated carbocycles. The summed E-state index contributed by atoms with van der Waals surface area (Å²) in [5, 5.41) is 5.64. The fourth-order valence-electron chi connectivity index (χ4n) is 2.91. The highest BCUT2D eigenvalue weighted by molar-refractivity contribution is 7.13. The van der Waals surface area contributed by atoms with Crippen LogP contribution >= 0.6 is 11.3 Å². The first-order valence-electron chi connectivity index (χ1n) is 8.92. The number of ether oxygens (including phenoxy) is 2. The maximum atomic E-state index is 12.4. The summed E-state index contributed by atoms with van der Waals surface area (Å²) >= 11 is 1.54. The van der Waals surface area contributed by atoms with Gasteiger partial charge in [-0.3, -0.25) is 9.59 Å². The van der Waals surface area contributed by atoms with Crippen molar-refractivity contribution in [1.82, 2.24) is 4.98 Å². The van der Waals surface area contributed by atoms with E-state index in [1.807, 2.05) is 29.6 Å². The Hall–Kier alpha value is -3.19. The third kappa shape index (κ3) is 4.20. The number of carbonyl (C=O) groups is 2. The predicted octanol–water partition coefficient (Wildman–Crippen LogP) is 4.18. The minimum atomic E-state index is -0.206. The number of thiazole rings is 1. The number of nitrogens with one attached hydrogen (secondary N) is 1. The molecule has 0 radical (unpaired) electrons. The normalized spacial score (nSPS) is 12.4. The van der Waals surface area contributed by atoms with Gasteiger partial charge in [-0.25, -0.2) is 4.98 Å². The Morgan fingerprint density at radius 3 is 2.71 bits per heavy atom. The fraction of sp³-hybridized carbons (Fsp3) is 0.190. The number of amides is 1. The molecule has 2 aromatic carbocycles. The standard InChI is InChI=1S/C21H18N2O4S/c24-17(14-4-6-18-19(13-14)27-10-9-26-18)5-7-20(25)23-16-3-1-2-15(12-16)21-22-8-11-28-21/h1-4,6,8,11-13H,5,7,9-10H2,(H,23,25). The Labute approximate surface area is 166 Å². The Morgan fingerprint density at radius 1 is 1.04 bits per heavy atom. The molecule has 0 spiro atoms. The van der Waals surface area contributed by atoms with Gasteiger partial charge in [-0.15, -0.1) is 11.3 Å². The van der Waals surface area contributed by atoms with Crippen LogP contribution in [0, 0.1) is 0 Å². The Bertz CT molecular complexity index is 1000. The highest BCUT2D eigenvalue weighted by atomic mass is 32.1. The molecule has 0 atom stereocenters. The lowest BCUT2D eigenvalue weighted by Gasteiger charge is -2.18. The zero-order chi connectivity index (χ0) is 19.3. The summed E-state index contributed by atoms with van der Waals surface area (Å²) in [6, 6.07) is 12.6. The summed E-state index contributed by atoms with van der Waals surface area (Å²) in [6.45, 7) is 0.970. The number of ketones is 1. The fourth-order valence-corrected chi connectivity index (χ4v) is 3.54. The van der Waals surface area contributed by atoms with Gasteiger partial charge in [0.25, 0.3) is 0 Å². The molecule has 0 unspecified atom stereocenters. The third-order valence-corrected chi connectivity index (χ3v) is 5.09. The van der Waals surface area contributed by atoms with Crippen molar-refractivity contribution in [2.75, 3.05) is 18.5 Å². The van der Waals surface area contributed by atoms with Crippen molar-refractivity contribution >= 4 is 28.7 Å². The number of aromatic nitrogens is 1. The largest absolute Gasteiger partial charge is 0.486 e. The topological polar surface area (TPSA) is 77.5 Å². The van der Waals surface area contributed by atoms with Crippen LogP contribution < -0.4 is 14.8 Å². The van der Waals surface area contributed by atoms with E-state index in [4.69, 9.17) is 9.47 Å². The van der Waals surface area contributed by atoms with Crippen LogP contribution in [0.4, 0.5) is 5.69 Å². The summed E-state index contributed by atoms with van der Waals surface area (Å²) in [4.78, 5) is 28.9. The molecule has 1 aliphatic rings. The van der Waals surface area contributed by atoms with Crippen molar-refractivity contribution in [2.45, 2.75) is 12.8 Å². The van der Waals surface area contributed by atoms with Crippen LogP contribution in [0.2, 0.25) is 0 Å². The summed E-state index contributed by atoms with van der Waals surface area (Å²) in [6.07, 6.45) is 1.97. The first kappa shape index (κ1) is 18.2. The highest BCUT2D eigenvalue weighted by Crippen LogP contribution is 2.31. The van der Waals surface area contributed by atoms with Gasteiger partial charge in [0.1, 0.15) is 18.2 Å². The smallest absolute Gasteiger partial charge is 0.224 e. The van der Waals surface area contributed by atoms with Gasteiger partial charge in [0.15, 0.2) is 17.3 Å². The van der Waals surface area contributed by atoms with E-state index in [-0.39, 0.29) is 24.5 Å². The maximum absolute atomic E-state index is 12.4. The number of hydrogen-bond donors (Lipinski definition) is 1. The first-order valence-corrected chi connectivity index (χ1v) is 9.79. The van der Waals surface area contributed by atoms with Crippen LogP contribution in [-0.2, 0) is 4.79 Å². The number of rotatable bonds is 6. The minimum Gasteiger partial charge on any atom is -0.486 e. The van der Waals surface area contributed by atoms with Crippen LogP contribution in [0.3, 0.4) is 0 Å². The lowest BCUT2D eigenvalue weighted by molar-refractivity contribution is -0.116. The molecular formula is C21H18N2O4S. The monoisotopic (exact) mass is 394 g/mol. The molecule has 28 heavy (non-hydrogen) atoms. The van der Waals surface area contributed by atoms with E-state index < -0.39 is 0 Å². The van der Waals surface area contributed by atoms with Crippen LogP contribution in [0.5, 0.6) is 11.5 Å². The maximum Gasteiger partial charge on any atom is 0.224 e. The van der Waals surface area contributed by atoms with Gasteiger partial charge in [-0.05, 0) is 30.3 Å². The second kappa shape index (κ2) is 8.22. The van der Waals surface area contributed by atoms with Gasteiger partial charge in [0.05, 0.1) is 0 Å². The molecule has 0 bridgehead atoms. The predicted molar refractivity (Wildman–Crippen MR) is 107 cm³/mol. The minimum absolute atomic E-state index is 0.106. The number of fused-ring (bicyclic) bond motifs is 1. The number of Topliss-reactive ketones (excluding diaryl/α,β-unsaturated/α-hetero) is 1. The Kier molecular flexibility index (Phi) is 5.34. The van der Waals surface area contributed by atoms with E-state index in [2.05, 4.69) is 10.3 Å². The van der Waals surface area contributed by atoms with Crippen molar-refractivity contribution in [3.8, 4) is 22.1 Å². The van der Waals surface area contributed by atoms with Crippen molar-refractivity contribution < 1.29 is 19.1 Å². The number of benzene rings is 2. The Morgan fingerprint density at radius 2 is 1.89 bits per heavy atom. The summed E-state index contributed by atoms with van der Waals surface area (Å²) < 4.78 is 11.0. The molecule has 1 N–H and O–H groups in total. The number of carbonyl (C=O) groups excluding carboxylic acids is 2. The van der Waals surface area contributed by atoms with E-state index in [1.165, 1.54) is 11.3 Å². The third-order valence-electron chi connectivity index (χ3n) is 4.27. The number of anilines is 1. The molecular weight excluding hydrogens is 376 g/mol. The summed E-state index contributed by atoms with van der Waals surface area (Å²) in [5.41, 5.74) is 2.15. The lowest BCUT2D eigenvalue weighted by Crippen LogP contribution is -2.16. The van der Waals surface area contributed by atoms with Gasteiger partial charge >= 0.3 is 0 Å². The van der Waals surface area contributed by atoms with E-state index in [1.54, 1.807) is 24.4 Å². The average Bonchev–Trinajstić information content (AvgIpc) is 3.27. The Balaban J connectivity index is 1.34. The quantitative estimate of drug-likeness (QED) is 0.635. The van der Waals surface area contributed by atoms with E-state index in [0.717, 1.165) is 10.6 Å². The molecule has 6 nitrogen and oxygen atoms in total. The van der Waals surface area contributed by atoms with Gasteiger partial charge in [-0.2, -0.15) is 0 Å². The molecule has 1 aliphatic heterocycles. The van der Waals surface area contributed by atoms with E-state index >= 15 is 0 Å². The van der Waals surface area contributed by atoms with Crippen molar-refractivity contribution in [1.29, 1.82) is 0 Å². The van der Waals surface area contributed by atoms with Crippen molar-refractivity contribution in [3.63, 3.8) is 0 Å². The molecule has 3 aromatic rings. The number of hydrogen-bond acceptors (Lipinski definition) is 6. The molecule has 0 aliphatic carbocycles. The van der Waals surface area contributed by atoms with Gasteiger partial charge < -0.3 is 14.8 Å². The SMILES string of the molecule is O=C(CCC(=O)c1ccc2c(c1)OCCO2)Nc1cccc(-c2nccs2)c1. The van der Waals surface area contributed by atoms with Gasteiger partial charge in [0, 0.05) is 41.2 Å². The summed E-state index contributed by atoms with van der Waals surface area (Å²) in [7, 11) is 0. The van der Waals surface area contributed by atoms with Crippen molar-refractivity contribution in [2.24, 2.45) is 0 Å². The molecule has 7 heteroatoms. The molecule has 1 aromatic heterocycles. The lowest BCUT2D eigenvalue weighted by atomic mass is 10.1. The zero-order valence-corrected chi connectivity index (χ0v) is 15.8. The zero-order valence-electron chi connectivity index (χ0n) is 15.0. The van der Waals surface area contributed by atoms with Crippen LogP contribution in [0.1, 0.15) is 23.2 Å². The van der Waals surface area contributed by atoms with Gasteiger partial charge in [0.2, 0.25) is 5.91 Å². The summed E-state index contributed by atoms with van der Waals surface area (Å²) in [5.74, 6) is 0.895. The van der Waals surface area contributed by atoms with Crippen molar-refractivity contribution in [3.05, 3.63) is 59.6 Å². The molecule has 1 amide bonds. The van der Waals surface area contributed by atoms with E-state index in [9.17, 15) is 9.59 Å². The van der Waals surface area contributed by atoms with Crippen LogP contribution in [0.15, 0.2) is 54.0 Å². The molecule has 142 valence electrons. The van der Waals surface area contributed by atoms with Crippen LogP contribution in [-0.4, -0.2) is 29.9 Å². The number of nitrogens with zero attached hydrogens (tertiary/aromatic N) is 1. The molecule has 2 heterocycles.